The SMILES string of the molecule is c1cc2c3c(cccc3c1)N1Cc3cc(Oc4ccc5c(c4)CN4C5=Nc5cccc6cccc4c56)ccc3C1=N2. The van der Waals surface area contributed by atoms with E-state index >= 15 is 0 Å². The van der Waals surface area contributed by atoms with Gasteiger partial charge in [-0.1, -0.05) is 48.5 Å². The summed E-state index contributed by atoms with van der Waals surface area (Å²) in [5.41, 5.74) is 9.30. The fraction of sp³-hybridized carbons (Fsp3) is 0.0556. The fourth-order valence-corrected chi connectivity index (χ4v) is 6.99. The minimum atomic E-state index is 0.782. The molecule has 41 heavy (non-hydrogen) atoms. The summed E-state index contributed by atoms with van der Waals surface area (Å²) in [6.45, 7) is 1.56. The molecule has 0 bridgehead atoms. The second kappa shape index (κ2) is 7.61. The molecule has 5 heteroatoms. The zero-order valence-corrected chi connectivity index (χ0v) is 22.0. The summed E-state index contributed by atoms with van der Waals surface area (Å²) < 4.78 is 6.46. The van der Waals surface area contributed by atoms with Gasteiger partial charge in [-0.15, -0.1) is 0 Å². The lowest BCUT2D eigenvalue weighted by atomic mass is 10.0. The van der Waals surface area contributed by atoms with Crippen molar-refractivity contribution < 1.29 is 4.74 Å². The van der Waals surface area contributed by atoms with Crippen molar-refractivity contribution in [3.05, 3.63) is 131 Å². The maximum atomic E-state index is 6.46. The van der Waals surface area contributed by atoms with E-state index in [4.69, 9.17) is 14.7 Å². The molecule has 0 saturated heterocycles. The molecule has 0 fully saturated rings. The summed E-state index contributed by atoms with van der Waals surface area (Å²) in [6, 6.07) is 38.4. The molecule has 4 heterocycles. The first-order chi connectivity index (χ1) is 20.3. The number of amidine groups is 2. The number of anilines is 2. The Hall–Kier alpha value is -5.42. The Bertz CT molecular complexity index is 2050. The van der Waals surface area contributed by atoms with Gasteiger partial charge in [0.1, 0.15) is 23.2 Å². The number of fused-ring (bicyclic) bond motifs is 8. The molecule has 0 amide bonds. The monoisotopic (exact) mass is 526 g/mol. The smallest absolute Gasteiger partial charge is 0.141 e. The van der Waals surface area contributed by atoms with Crippen LogP contribution in [0.2, 0.25) is 0 Å². The molecule has 0 unspecified atom stereocenters. The van der Waals surface area contributed by atoms with Gasteiger partial charge in [0.2, 0.25) is 0 Å². The average molecular weight is 527 g/mol. The van der Waals surface area contributed by atoms with Crippen LogP contribution >= 0.6 is 0 Å². The molecule has 192 valence electrons. The minimum Gasteiger partial charge on any atom is -0.457 e. The third kappa shape index (κ3) is 2.90. The highest BCUT2D eigenvalue weighted by Crippen LogP contribution is 2.45. The van der Waals surface area contributed by atoms with Gasteiger partial charge >= 0.3 is 0 Å². The zero-order chi connectivity index (χ0) is 26.7. The van der Waals surface area contributed by atoms with E-state index in [-0.39, 0.29) is 0 Å². The van der Waals surface area contributed by atoms with Crippen LogP contribution in [0.5, 0.6) is 11.5 Å². The van der Waals surface area contributed by atoms with Crippen molar-refractivity contribution in [3.63, 3.8) is 0 Å². The second-order valence-corrected chi connectivity index (χ2v) is 11.1. The highest BCUT2D eigenvalue weighted by molar-refractivity contribution is 6.23. The average Bonchev–Trinajstić information content (AvgIpc) is 3.56. The largest absolute Gasteiger partial charge is 0.457 e. The lowest BCUT2D eigenvalue weighted by molar-refractivity contribution is 0.481. The van der Waals surface area contributed by atoms with Crippen molar-refractivity contribution in [3.8, 4) is 11.5 Å². The van der Waals surface area contributed by atoms with Crippen molar-refractivity contribution in [2.24, 2.45) is 9.98 Å². The molecule has 5 nitrogen and oxygen atoms in total. The summed E-state index contributed by atoms with van der Waals surface area (Å²) >= 11 is 0. The fourth-order valence-electron chi connectivity index (χ4n) is 6.99. The molecular formula is C36H22N4O. The van der Waals surface area contributed by atoms with Gasteiger partial charge in [-0.3, -0.25) is 0 Å². The maximum Gasteiger partial charge on any atom is 0.141 e. The summed E-state index contributed by atoms with van der Waals surface area (Å²) in [5.74, 6) is 3.71. The zero-order valence-electron chi connectivity index (χ0n) is 22.0. The van der Waals surface area contributed by atoms with Crippen molar-refractivity contribution in [1.29, 1.82) is 0 Å². The number of aliphatic imine (C=N–C) groups is 2. The molecule has 4 aliphatic rings. The third-order valence-electron chi connectivity index (χ3n) is 8.79. The standard InChI is InChI=1S/C36H22N4O/c1-5-21-7-3-11-31-33(21)29(9-1)37-35-27-15-13-25(17-23(27)19-39(31)35)41-26-14-16-28-24(18-26)20-40-32-12-4-8-22-6-2-10-30(34(22)32)38-36(28)40/h1-18H,19-20H2. The molecule has 0 aromatic heterocycles. The van der Waals surface area contributed by atoms with Gasteiger partial charge < -0.3 is 14.5 Å². The highest BCUT2D eigenvalue weighted by atomic mass is 16.5. The van der Waals surface area contributed by atoms with Gasteiger partial charge in [0.25, 0.3) is 0 Å². The summed E-state index contributed by atoms with van der Waals surface area (Å²) in [7, 11) is 0. The number of ether oxygens (including phenoxy) is 1. The Kier molecular flexibility index (Phi) is 3.97. The molecule has 0 radical (unpaired) electrons. The number of hydrogen-bond donors (Lipinski definition) is 0. The van der Waals surface area contributed by atoms with E-state index < -0.39 is 0 Å². The van der Waals surface area contributed by atoms with Crippen molar-refractivity contribution >= 4 is 56.0 Å². The van der Waals surface area contributed by atoms with Crippen LogP contribution < -0.4 is 14.5 Å². The Morgan fingerprint density at radius 2 is 0.976 bits per heavy atom. The molecule has 6 aromatic rings. The van der Waals surface area contributed by atoms with E-state index in [1.807, 2.05) is 0 Å². The Balaban J connectivity index is 0.978. The quantitative estimate of drug-likeness (QED) is 0.227. The van der Waals surface area contributed by atoms with Gasteiger partial charge in [-0.05, 0) is 82.6 Å². The van der Waals surface area contributed by atoms with Gasteiger partial charge in [0.05, 0.1) is 35.8 Å². The van der Waals surface area contributed by atoms with Crippen LogP contribution in [-0.4, -0.2) is 11.7 Å². The Morgan fingerprint density at radius 1 is 0.512 bits per heavy atom. The van der Waals surface area contributed by atoms with E-state index in [1.54, 1.807) is 0 Å². The molecule has 10 rings (SSSR count). The van der Waals surface area contributed by atoms with Crippen molar-refractivity contribution in [2.75, 3.05) is 9.80 Å². The van der Waals surface area contributed by atoms with E-state index in [9.17, 15) is 0 Å². The molecule has 0 atom stereocenters. The molecule has 0 N–H and O–H groups in total. The van der Waals surface area contributed by atoms with Gasteiger partial charge in [-0.2, -0.15) is 0 Å². The van der Waals surface area contributed by atoms with Crippen molar-refractivity contribution in [1.82, 2.24) is 0 Å². The minimum absolute atomic E-state index is 0.782. The first kappa shape index (κ1) is 21.4. The van der Waals surface area contributed by atoms with Crippen LogP contribution in [0.15, 0.2) is 119 Å². The lowest BCUT2D eigenvalue weighted by Crippen LogP contribution is -2.26. The normalized spacial score (nSPS) is 15.3. The molecular weight excluding hydrogens is 504 g/mol. The summed E-state index contributed by atoms with van der Waals surface area (Å²) in [4.78, 5) is 14.8. The molecule has 0 spiro atoms. The third-order valence-corrected chi connectivity index (χ3v) is 8.79. The number of nitrogens with zero attached hydrogens (tertiary/aromatic N) is 4. The lowest BCUT2D eigenvalue weighted by Gasteiger charge is -2.25. The van der Waals surface area contributed by atoms with Crippen LogP contribution in [0, 0.1) is 0 Å². The van der Waals surface area contributed by atoms with Crippen LogP contribution in [0.3, 0.4) is 0 Å². The Labute approximate surface area is 236 Å². The van der Waals surface area contributed by atoms with Crippen LogP contribution in [-0.2, 0) is 13.1 Å². The molecule has 6 aromatic carbocycles. The predicted molar refractivity (Wildman–Crippen MR) is 166 cm³/mol. The topological polar surface area (TPSA) is 40.4 Å². The second-order valence-electron chi connectivity index (χ2n) is 11.1. The number of benzene rings is 6. The molecule has 4 aliphatic heterocycles. The first-order valence-corrected chi connectivity index (χ1v) is 14.0. The summed E-state index contributed by atoms with van der Waals surface area (Å²) in [6.07, 6.45) is 0. The van der Waals surface area contributed by atoms with Crippen LogP contribution in [0.1, 0.15) is 22.3 Å². The van der Waals surface area contributed by atoms with Gasteiger partial charge in [0, 0.05) is 21.9 Å². The predicted octanol–water partition coefficient (Wildman–Crippen LogP) is 8.61. The number of hydrogen-bond acceptors (Lipinski definition) is 5. The van der Waals surface area contributed by atoms with E-state index in [0.29, 0.717) is 0 Å². The Morgan fingerprint density at radius 3 is 1.46 bits per heavy atom. The summed E-state index contributed by atoms with van der Waals surface area (Å²) in [5, 5.41) is 4.90. The van der Waals surface area contributed by atoms with Crippen LogP contribution in [0.25, 0.3) is 21.5 Å². The molecule has 0 saturated carbocycles. The first-order valence-electron chi connectivity index (χ1n) is 14.0. The molecule has 0 aliphatic carbocycles. The maximum absolute atomic E-state index is 6.46. The number of rotatable bonds is 2. The highest BCUT2D eigenvalue weighted by Gasteiger charge is 2.33. The van der Waals surface area contributed by atoms with Gasteiger partial charge in [0.15, 0.2) is 0 Å². The van der Waals surface area contributed by atoms with Gasteiger partial charge in [-0.25, -0.2) is 9.98 Å². The van der Waals surface area contributed by atoms with Crippen LogP contribution in [0.4, 0.5) is 22.7 Å². The van der Waals surface area contributed by atoms with Crippen molar-refractivity contribution in [2.45, 2.75) is 13.1 Å². The van der Waals surface area contributed by atoms with E-state index in [2.05, 4.69) is 119 Å². The van der Waals surface area contributed by atoms with E-state index in [1.165, 1.54) is 55.2 Å². The van der Waals surface area contributed by atoms with E-state index in [0.717, 1.165) is 47.6 Å².